The van der Waals surface area contributed by atoms with Crippen molar-refractivity contribution in [1.29, 1.82) is 0 Å². The standard InChI is InChI=1S/C12H14FNO/c13-12-7-10(1-2-11(12)8-15)9-3-5-14-6-4-9/h1-2,7-9,14H,3-6H2. The summed E-state index contributed by atoms with van der Waals surface area (Å²) in [6, 6.07) is 4.93. The lowest BCUT2D eigenvalue weighted by molar-refractivity contribution is 0.112. The Kier molecular flexibility index (Phi) is 3.11. The number of piperidine rings is 1. The fourth-order valence-corrected chi connectivity index (χ4v) is 2.05. The second-order valence-corrected chi connectivity index (χ2v) is 3.92. The Labute approximate surface area is 88.5 Å². The van der Waals surface area contributed by atoms with Crippen molar-refractivity contribution in [1.82, 2.24) is 5.32 Å². The van der Waals surface area contributed by atoms with E-state index >= 15 is 0 Å². The summed E-state index contributed by atoms with van der Waals surface area (Å²) in [7, 11) is 0. The molecule has 0 saturated carbocycles. The first-order valence-corrected chi connectivity index (χ1v) is 5.26. The van der Waals surface area contributed by atoms with Gasteiger partial charge >= 0.3 is 0 Å². The molecule has 1 aromatic carbocycles. The molecule has 80 valence electrons. The molecule has 1 saturated heterocycles. The van der Waals surface area contributed by atoms with Gasteiger partial charge in [0.05, 0.1) is 5.56 Å². The molecular weight excluding hydrogens is 193 g/mol. The third-order valence-electron chi connectivity index (χ3n) is 2.96. The van der Waals surface area contributed by atoms with Crippen LogP contribution in [0.2, 0.25) is 0 Å². The summed E-state index contributed by atoms with van der Waals surface area (Å²) in [6.45, 7) is 1.98. The van der Waals surface area contributed by atoms with Crippen molar-refractivity contribution in [3.8, 4) is 0 Å². The topological polar surface area (TPSA) is 29.1 Å². The summed E-state index contributed by atoms with van der Waals surface area (Å²) < 4.78 is 13.4. The molecule has 1 aliphatic rings. The van der Waals surface area contributed by atoms with Gasteiger partial charge < -0.3 is 5.32 Å². The van der Waals surface area contributed by atoms with E-state index in [2.05, 4.69) is 5.32 Å². The van der Waals surface area contributed by atoms with Crippen molar-refractivity contribution in [3.63, 3.8) is 0 Å². The Morgan fingerprint density at radius 1 is 1.33 bits per heavy atom. The van der Waals surface area contributed by atoms with Crippen molar-refractivity contribution in [2.45, 2.75) is 18.8 Å². The fourth-order valence-electron chi connectivity index (χ4n) is 2.05. The van der Waals surface area contributed by atoms with Crippen molar-refractivity contribution >= 4 is 6.29 Å². The zero-order valence-electron chi connectivity index (χ0n) is 8.50. The molecule has 1 fully saturated rings. The molecule has 0 radical (unpaired) electrons. The van der Waals surface area contributed by atoms with Gasteiger partial charge in [-0.15, -0.1) is 0 Å². The number of hydrogen-bond donors (Lipinski definition) is 1. The van der Waals surface area contributed by atoms with E-state index in [1.807, 2.05) is 6.07 Å². The molecule has 1 N–H and O–H groups in total. The number of carbonyl (C=O) groups excluding carboxylic acids is 1. The molecule has 0 spiro atoms. The fraction of sp³-hybridized carbons (Fsp3) is 0.417. The first-order valence-electron chi connectivity index (χ1n) is 5.26. The number of halogens is 1. The predicted octanol–water partition coefficient (Wildman–Crippen LogP) is 2.11. The Balaban J connectivity index is 2.21. The Bertz CT molecular complexity index is 359. The van der Waals surface area contributed by atoms with Gasteiger partial charge in [-0.3, -0.25) is 4.79 Å². The van der Waals surface area contributed by atoms with E-state index in [-0.39, 0.29) is 5.56 Å². The maximum absolute atomic E-state index is 13.4. The maximum Gasteiger partial charge on any atom is 0.152 e. The Hall–Kier alpha value is -1.22. The molecule has 1 aromatic rings. The van der Waals surface area contributed by atoms with Crippen LogP contribution in [-0.4, -0.2) is 19.4 Å². The highest BCUT2D eigenvalue weighted by molar-refractivity contribution is 5.75. The average Bonchev–Trinajstić information content (AvgIpc) is 2.30. The minimum Gasteiger partial charge on any atom is -0.317 e. The second kappa shape index (κ2) is 4.53. The summed E-state index contributed by atoms with van der Waals surface area (Å²) in [5.74, 6) is 0.0301. The number of rotatable bonds is 2. The lowest BCUT2D eigenvalue weighted by Crippen LogP contribution is -2.26. The number of benzene rings is 1. The predicted molar refractivity (Wildman–Crippen MR) is 56.6 cm³/mol. The van der Waals surface area contributed by atoms with Gasteiger partial charge in [0.15, 0.2) is 6.29 Å². The average molecular weight is 207 g/mol. The van der Waals surface area contributed by atoms with Crippen LogP contribution in [0.5, 0.6) is 0 Å². The van der Waals surface area contributed by atoms with E-state index in [4.69, 9.17) is 0 Å². The number of nitrogens with one attached hydrogen (secondary N) is 1. The summed E-state index contributed by atoms with van der Waals surface area (Å²) in [4.78, 5) is 10.5. The van der Waals surface area contributed by atoms with Crippen LogP contribution in [0.15, 0.2) is 18.2 Å². The minimum atomic E-state index is -0.402. The van der Waals surface area contributed by atoms with E-state index in [9.17, 15) is 9.18 Å². The molecule has 0 atom stereocenters. The van der Waals surface area contributed by atoms with Crippen LogP contribution in [0.1, 0.15) is 34.7 Å². The Morgan fingerprint density at radius 2 is 2.07 bits per heavy atom. The van der Waals surface area contributed by atoms with Gasteiger partial charge in [-0.1, -0.05) is 6.07 Å². The van der Waals surface area contributed by atoms with Crippen LogP contribution in [0, 0.1) is 5.82 Å². The van der Waals surface area contributed by atoms with Crippen molar-refractivity contribution < 1.29 is 9.18 Å². The number of carbonyl (C=O) groups is 1. The highest BCUT2D eigenvalue weighted by Gasteiger charge is 2.16. The number of aldehydes is 1. The van der Waals surface area contributed by atoms with Gasteiger partial charge in [0.2, 0.25) is 0 Å². The van der Waals surface area contributed by atoms with Crippen LogP contribution in [0.25, 0.3) is 0 Å². The normalized spacial score (nSPS) is 17.7. The molecular formula is C12H14FNO. The third-order valence-corrected chi connectivity index (χ3v) is 2.96. The molecule has 3 heteroatoms. The van der Waals surface area contributed by atoms with Crippen LogP contribution in [0.3, 0.4) is 0 Å². The van der Waals surface area contributed by atoms with Crippen LogP contribution in [-0.2, 0) is 0 Å². The van der Waals surface area contributed by atoms with Gasteiger partial charge in [-0.2, -0.15) is 0 Å². The van der Waals surface area contributed by atoms with E-state index < -0.39 is 5.82 Å². The molecule has 0 bridgehead atoms. The largest absolute Gasteiger partial charge is 0.317 e. The number of hydrogen-bond acceptors (Lipinski definition) is 2. The highest BCUT2D eigenvalue weighted by atomic mass is 19.1. The molecule has 0 aliphatic carbocycles. The van der Waals surface area contributed by atoms with Crippen molar-refractivity contribution in [2.24, 2.45) is 0 Å². The zero-order valence-corrected chi connectivity index (χ0v) is 8.50. The first kappa shape index (κ1) is 10.3. The quantitative estimate of drug-likeness (QED) is 0.752. The molecule has 0 aromatic heterocycles. The monoisotopic (exact) mass is 207 g/mol. The van der Waals surface area contributed by atoms with Crippen LogP contribution < -0.4 is 5.32 Å². The zero-order chi connectivity index (χ0) is 10.7. The smallest absolute Gasteiger partial charge is 0.152 e. The summed E-state index contributed by atoms with van der Waals surface area (Å²) >= 11 is 0. The molecule has 0 amide bonds. The molecule has 2 rings (SSSR count). The highest BCUT2D eigenvalue weighted by Crippen LogP contribution is 2.26. The Morgan fingerprint density at radius 3 is 2.67 bits per heavy atom. The van der Waals surface area contributed by atoms with Crippen LogP contribution >= 0.6 is 0 Å². The van der Waals surface area contributed by atoms with E-state index in [1.54, 1.807) is 6.07 Å². The minimum absolute atomic E-state index is 0.146. The van der Waals surface area contributed by atoms with Gasteiger partial charge in [0.1, 0.15) is 5.82 Å². The lowest BCUT2D eigenvalue weighted by atomic mass is 9.90. The van der Waals surface area contributed by atoms with Gasteiger partial charge in [-0.25, -0.2) is 4.39 Å². The second-order valence-electron chi connectivity index (χ2n) is 3.92. The van der Waals surface area contributed by atoms with E-state index in [1.165, 1.54) is 6.07 Å². The molecule has 1 aliphatic heterocycles. The van der Waals surface area contributed by atoms with Gasteiger partial charge in [0, 0.05) is 0 Å². The molecule has 0 unspecified atom stereocenters. The lowest BCUT2D eigenvalue weighted by Gasteiger charge is -2.23. The van der Waals surface area contributed by atoms with E-state index in [0.29, 0.717) is 12.2 Å². The molecule has 15 heavy (non-hydrogen) atoms. The first-order chi connectivity index (χ1) is 7.31. The summed E-state index contributed by atoms with van der Waals surface area (Å²) in [6.07, 6.45) is 2.64. The van der Waals surface area contributed by atoms with Crippen LogP contribution in [0.4, 0.5) is 4.39 Å². The van der Waals surface area contributed by atoms with E-state index in [0.717, 1.165) is 31.5 Å². The maximum atomic E-state index is 13.4. The summed E-state index contributed by atoms with van der Waals surface area (Å²) in [5, 5.41) is 3.27. The van der Waals surface area contributed by atoms with Gasteiger partial charge in [0.25, 0.3) is 0 Å². The van der Waals surface area contributed by atoms with Crippen molar-refractivity contribution in [2.75, 3.05) is 13.1 Å². The summed E-state index contributed by atoms with van der Waals surface area (Å²) in [5.41, 5.74) is 1.16. The molecule has 2 nitrogen and oxygen atoms in total. The van der Waals surface area contributed by atoms with Gasteiger partial charge in [-0.05, 0) is 49.5 Å². The SMILES string of the molecule is O=Cc1ccc(C2CCNCC2)cc1F. The van der Waals surface area contributed by atoms with Crippen molar-refractivity contribution in [3.05, 3.63) is 35.1 Å². The molecule has 1 heterocycles. The third kappa shape index (κ3) is 2.23.